The summed E-state index contributed by atoms with van der Waals surface area (Å²) in [6, 6.07) is 9.23. The van der Waals surface area contributed by atoms with Gasteiger partial charge in [-0.2, -0.15) is 0 Å². The molecule has 0 radical (unpaired) electrons. The zero-order valence-corrected chi connectivity index (χ0v) is 12.9. The SMILES string of the molecule is CN(Cc1ccncc1)C(=O)c1cc(S)ccc1Br. The summed E-state index contributed by atoms with van der Waals surface area (Å²) in [6.45, 7) is 0.546. The van der Waals surface area contributed by atoms with Gasteiger partial charge in [0.2, 0.25) is 0 Å². The average molecular weight is 337 g/mol. The molecule has 0 saturated heterocycles. The zero-order valence-electron chi connectivity index (χ0n) is 10.4. The molecular formula is C14H13BrN2OS. The Morgan fingerprint density at radius 3 is 2.68 bits per heavy atom. The van der Waals surface area contributed by atoms with E-state index >= 15 is 0 Å². The van der Waals surface area contributed by atoms with E-state index < -0.39 is 0 Å². The van der Waals surface area contributed by atoms with Gasteiger partial charge in [-0.1, -0.05) is 0 Å². The summed E-state index contributed by atoms with van der Waals surface area (Å²) in [7, 11) is 1.78. The van der Waals surface area contributed by atoms with Gasteiger partial charge in [0, 0.05) is 35.4 Å². The van der Waals surface area contributed by atoms with Crippen LogP contribution in [-0.2, 0) is 6.54 Å². The van der Waals surface area contributed by atoms with E-state index in [2.05, 4.69) is 33.5 Å². The molecule has 1 aromatic heterocycles. The van der Waals surface area contributed by atoms with Crippen molar-refractivity contribution in [3.63, 3.8) is 0 Å². The predicted molar refractivity (Wildman–Crippen MR) is 81.4 cm³/mol. The van der Waals surface area contributed by atoms with Crippen molar-refractivity contribution in [1.29, 1.82) is 0 Å². The summed E-state index contributed by atoms with van der Waals surface area (Å²) in [5.74, 6) is -0.0420. The molecule has 0 fully saturated rings. The van der Waals surface area contributed by atoms with Gasteiger partial charge in [-0.05, 0) is 51.8 Å². The van der Waals surface area contributed by atoms with Crippen LogP contribution in [0.15, 0.2) is 52.1 Å². The maximum Gasteiger partial charge on any atom is 0.255 e. The summed E-state index contributed by atoms with van der Waals surface area (Å²) < 4.78 is 0.775. The predicted octanol–water partition coefficient (Wildman–Crippen LogP) is 3.41. The van der Waals surface area contributed by atoms with E-state index in [1.165, 1.54) is 0 Å². The third-order valence-electron chi connectivity index (χ3n) is 2.70. The molecule has 0 unspecified atom stereocenters. The lowest BCUT2D eigenvalue weighted by atomic mass is 10.2. The molecule has 0 spiro atoms. The number of rotatable bonds is 3. The quantitative estimate of drug-likeness (QED) is 0.871. The molecule has 0 aliphatic rings. The summed E-state index contributed by atoms with van der Waals surface area (Å²) >= 11 is 7.66. The lowest BCUT2D eigenvalue weighted by Crippen LogP contribution is -2.26. The van der Waals surface area contributed by atoms with E-state index in [-0.39, 0.29) is 5.91 Å². The molecule has 1 heterocycles. The van der Waals surface area contributed by atoms with Gasteiger partial charge in [-0.25, -0.2) is 0 Å². The van der Waals surface area contributed by atoms with Crippen LogP contribution in [0.1, 0.15) is 15.9 Å². The third kappa shape index (κ3) is 3.58. The van der Waals surface area contributed by atoms with Gasteiger partial charge in [-0.3, -0.25) is 9.78 Å². The Hall–Kier alpha value is -1.33. The van der Waals surface area contributed by atoms with Crippen LogP contribution in [0.2, 0.25) is 0 Å². The largest absolute Gasteiger partial charge is 0.337 e. The second-order valence-corrected chi connectivity index (χ2v) is 5.55. The van der Waals surface area contributed by atoms with Crippen molar-refractivity contribution in [3.05, 3.63) is 58.3 Å². The highest BCUT2D eigenvalue weighted by atomic mass is 79.9. The molecule has 0 aliphatic carbocycles. The molecule has 0 aliphatic heterocycles. The molecule has 98 valence electrons. The number of aromatic nitrogens is 1. The highest BCUT2D eigenvalue weighted by Gasteiger charge is 2.15. The second-order valence-electron chi connectivity index (χ2n) is 4.18. The van der Waals surface area contributed by atoms with Gasteiger partial charge >= 0.3 is 0 Å². The lowest BCUT2D eigenvalue weighted by Gasteiger charge is -2.18. The summed E-state index contributed by atoms with van der Waals surface area (Å²) in [5, 5.41) is 0. The highest BCUT2D eigenvalue weighted by molar-refractivity contribution is 9.10. The number of hydrogen-bond acceptors (Lipinski definition) is 3. The number of thiol groups is 1. The van der Waals surface area contributed by atoms with Crippen molar-refractivity contribution >= 4 is 34.5 Å². The number of pyridine rings is 1. The zero-order chi connectivity index (χ0) is 13.8. The summed E-state index contributed by atoms with van der Waals surface area (Å²) in [6.07, 6.45) is 3.44. The first kappa shape index (κ1) is 14.1. The van der Waals surface area contributed by atoms with Crippen LogP contribution in [0.25, 0.3) is 0 Å². The fourth-order valence-electron chi connectivity index (χ4n) is 1.72. The Morgan fingerprint density at radius 2 is 2.00 bits per heavy atom. The summed E-state index contributed by atoms with van der Waals surface area (Å²) in [4.78, 5) is 18.8. The summed E-state index contributed by atoms with van der Waals surface area (Å²) in [5.41, 5.74) is 1.66. The van der Waals surface area contributed by atoms with E-state index in [0.29, 0.717) is 12.1 Å². The minimum absolute atomic E-state index is 0.0420. The minimum atomic E-state index is -0.0420. The Kier molecular flexibility index (Phi) is 4.61. The number of hydrogen-bond donors (Lipinski definition) is 1. The number of nitrogens with zero attached hydrogens (tertiary/aromatic N) is 2. The first-order chi connectivity index (χ1) is 9.08. The molecule has 0 saturated carbocycles. The van der Waals surface area contributed by atoms with Gasteiger partial charge in [-0.15, -0.1) is 12.6 Å². The third-order valence-corrected chi connectivity index (χ3v) is 3.67. The Balaban J connectivity index is 2.17. The van der Waals surface area contributed by atoms with Gasteiger partial charge in [0.1, 0.15) is 0 Å². The molecule has 2 aromatic rings. The maximum absolute atomic E-state index is 12.4. The van der Waals surface area contributed by atoms with Crippen molar-refractivity contribution in [2.45, 2.75) is 11.4 Å². The number of carbonyl (C=O) groups is 1. The smallest absolute Gasteiger partial charge is 0.255 e. The van der Waals surface area contributed by atoms with E-state index in [4.69, 9.17) is 0 Å². The van der Waals surface area contributed by atoms with Crippen LogP contribution in [-0.4, -0.2) is 22.8 Å². The first-order valence-electron chi connectivity index (χ1n) is 5.71. The van der Waals surface area contributed by atoms with E-state index in [1.54, 1.807) is 30.4 Å². The Labute approximate surface area is 126 Å². The van der Waals surface area contributed by atoms with Crippen molar-refractivity contribution in [2.24, 2.45) is 0 Å². The van der Waals surface area contributed by atoms with Crippen LogP contribution in [0.4, 0.5) is 0 Å². The number of benzene rings is 1. The second kappa shape index (κ2) is 6.21. The molecule has 0 bridgehead atoms. The van der Waals surface area contributed by atoms with Crippen molar-refractivity contribution in [3.8, 4) is 0 Å². The molecular weight excluding hydrogens is 324 g/mol. The molecule has 2 rings (SSSR count). The number of carbonyl (C=O) groups excluding carboxylic acids is 1. The van der Waals surface area contributed by atoms with E-state index in [0.717, 1.165) is 14.9 Å². The monoisotopic (exact) mass is 336 g/mol. The van der Waals surface area contributed by atoms with Gasteiger partial charge in [0.15, 0.2) is 0 Å². The van der Waals surface area contributed by atoms with Gasteiger partial charge in [0.05, 0.1) is 5.56 Å². The molecule has 3 nitrogen and oxygen atoms in total. The van der Waals surface area contributed by atoms with E-state index in [1.807, 2.05) is 24.3 Å². The highest BCUT2D eigenvalue weighted by Crippen LogP contribution is 2.22. The van der Waals surface area contributed by atoms with Gasteiger partial charge < -0.3 is 4.90 Å². The molecule has 0 atom stereocenters. The van der Waals surface area contributed by atoms with Crippen LogP contribution < -0.4 is 0 Å². The standard InChI is InChI=1S/C14H13BrN2OS/c1-17(9-10-4-6-16-7-5-10)14(18)12-8-11(19)2-3-13(12)15/h2-8,19H,9H2,1H3. The van der Waals surface area contributed by atoms with Crippen molar-refractivity contribution in [1.82, 2.24) is 9.88 Å². The van der Waals surface area contributed by atoms with Crippen LogP contribution in [0.5, 0.6) is 0 Å². The number of amides is 1. The topological polar surface area (TPSA) is 33.2 Å². The van der Waals surface area contributed by atoms with Crippen molar-refractivity contribution < 1.29 is 4.79 Å². The van der Waals surface area contributed by atoms with Crippen LogP contribution in [0.3, 0.4) is 0 Å². The molecule has 0 N–H and O–H groups in total. The first-order valence-corrected chi connectivity index (χ1v) is 6.95. The van der Waals surface area contributed by atoms with Crippen molar-refractivity contribution in [2.75, 3.05) is 7.05 Å². The average Bonchev–Trinajstić information content (AvgIpc) is 2.42. The lowest BCUT2D eigenvalue weighted by molar-refractivity contribution is 0.0784. The molecule has 1 amide bonds. The molecule has 1 aromatic carbocycles. The molecule has 19 heavy (non-hydrogen) atoms. The fourth-order valence-corrected chi connectivity index (χ4v) is 2.34. The normalized spacial score (nSPS) is 10.3. The Morgan fingerprint density at radius 1 is 1.32 bits per heavy atom. The van der Waals surface area contributed by atoms with Gasteiger partial charge in [0.25, 0.3) is 5.91 Å². The van der Waals surface area contributed by atoms with Crippen LogP contribution >= 0.6 is 28.6 Å². The Bertz CT molecular complexity index is 589. The maximum atomic E-state index is 12.4. The number of halogens is 1. The van der Waals surface area contributed by atoms with Crippen LogP contribution in [0, 0.1) is 0 Å². The molecule has 5 heteroatoms. The van der Waals surface area contributed by atoms with E-state index in [9.17, 15) is 4.79 Å². The minimum Gasteiger partial charge on any atom is -0.337 e. The fraction of sp³-hybridized carbons (Fsp3) is 0.143.